The Hall–Kier alpha value is -0.260. The lowest BCUT2D eigenvalue weighted by atomic mass is 9.85. The van der Waals surface area contributed by atoms with Gasteiger partial charge in [0.05, 0.1) is 19.1 Å². The highest BCUT2D eigenvalue weighted by Gasteiger charge is 2.38. The fourth-order valence-corrected chi connectivity index (χ4v) is 4.01. The molecule has 2 heterocycles. The second-order valence-corrected chi connectivity index (χ2v) is 6.34. The lowest BCUT2D eigenvalue weighted by Crippen LogP contribution is -2.49. The standard InChI is InChI=1S/C13H23NO3S/c1-16-12(15)2-6-14-11-3-7-17-13(10-11)4-8-18-9-5-13/h11,14H,2-10H2,1H3. The topological polar surface area (TPSA) is 47.6 Å². The van der Waals surface area contributed by atoms with E-state index < -0.39 is 0 Å². The maximum absolute atomic E-state index is 11.1. The van der Waals surface area contributed by atoms with Gasteiger partial charge in [-0.15, -0.1) is 0 Å². The molecule has 5 heteroatoms. The summed E-state index contributed by atoms with van der Waals surface area (Å²) in [6.07, 6.45) is 4.95. The molecule has 0 bridgehead atoms. The third kappa shape index (κ3) is 3.87. The van der Waals surface area contributed by atoms with E-state index in [4.69, 9.17) is 4.74 Å². The third-order valence-electron chi connectivity index (χ3n) is 3.89. The van der Waals surface area contributed by atoms with Gasteiger partial charge < -0.3 is 14.8 Å². The van der Waals surface area contributed by atoms with Crippen LogP contribution in [-0.2, 0) is 14.3 Å². The largest absolute Gasteiger partial charge is 0.469 e. The van der Waals surface area contributed by atoms with Crippen molar-refractivity contribution in [1.82, 2.24) is 5.32 Å². The second kappa shape index (κ2) is 6.78. The predicted molar refractivity (Wildman–Crippen MR) is 72.9 cm³/mol. The summed E-state index contributed by atoms with van der Waals surface area (Å²) < 4.78 is 10.7. The SMILES string of the molecule is COC(=O)CCNC1CCOC2(CCSCC2)C1. The summed E-state index contributed by atoms with van der Waals surface area (Å²) in [5, 5.41) is 3.47. The van der Waals surface area contributed by atoms with Crippen LogP contribution in [0, 0.1) is 0 Å². The summed E-state index contributed by atoms with van der Waals surface area (Å²) in [6, 6.07) is 0.492. The Labute approximate surface area is 113 Å². The molecule has 0 amide bonds. The molecule has 104 valence electrons. The summed E-state index contributed by atoms with van der Waals surface area (Å²) in [6.45, 7) is 1.56. The Morgan fingerprint density at radius 1 is 1.50 bits per heavy atom. The van der Waals surface area contributed by atoms with E-state index >= 15 is 0 Å². The number of ether oxygens (including phenoxy) is 2. The minimum absolute atomic E-state index is 0.117. The van der Waals surface area contributed by atoms with Crippen molar-refractivity contribution in [2.75, 3.05) is 31.8 Å². The molecule has 2 saturated heterocycles. The van der Waals surface area contributed by atoms with Crippen molar-refractivity contribution in [3.8, 4) is 0 Å². The Morgan fingerprint density at radius 3 is 3.00 bits per heavy atom. The number of carbonyl (C=O) groups excluding carboxylic acids is 1. The quantitative estimate of drug-likeness (QED) is 0.788. The van der Waals surface area contributed by atoms with Crippen molar-refractivity contribution >= 4 is 17.7 Å². The van der Waals surface area contributed by atoms with E-state index in [1.807, 2.05) is 11.8 Å². The van der Waals surface area contributed by atoms with Gasteiger partial charge in [-0.05, 0) is 37.2 Å². The predicted octanol–water partition coefficient (Wildman–Crippen LogP) is 1.58. The average molecular weight is 273 g/mol. The van der Waals surface area contributed by atoms with Gasteiger partial charge >= 0.3 is 5.97 Å². The number of carbonyl (C=O) groups is 1. The van der Waals surface area contributed by atoms with Gasteiger partial charge in [0, 0.05) is 19.2 Å². The van der Waals surface area contributed by atoms with Gasteiger partial charge in [0.1, 0.15) is 0 Å². The van der Waals surface area contributed by atoms with E-state index in [9.17, 15) is 4.79 Å². The molecule has 1 atom stereocenters. The monoisotopic (exact) mass is 273 g/mol. The number of esters is 1. The van der Waals surface area contributed by atoms with Crippen LogP contribution >= 0.6 is 11.8 Å². The minimum atomic E-state index is -0.140. The first-order valence-electron chi connectivity index (χ1n) is 6.76. The molecule has 2 aliphatic rings. The van der Waals surface area contributed by atoms with Gasteiger partial charge in [-0.25, -0.2) is 0 Å². The molecule has 2 fully saturated rings. The molecule has 0 radical (unpaired) electrons. The highest BCUT2D eigenvalue weighted by atomic mass is 32.2. The summed E-state index contributed by atoms with van der Waals surface area (Å²) in [4.78, 5) is 11.1. The van der Waals surface area contributed by atoms with Crippen LogP contribution in [0.25, 0.3) is 0 Å². The molecule has 4 nitrogen and oxygen atoms in total. The third-order valence-corrected chi connectivity index (χ3v) is 4.87. The number of rotatable bonds is 4. The normalized spacial score (nSPS) is 27.1. The van der Waals surface area contributed by atoms with Crippen LogP contribution in [0.2, 0.25) is 0 Å². The van der Waals surface area contributed by atoms with Gasteiger partial charge in [0.15, 0.2) is 0 Å². The zero-order valence-electron chi connectivity index (χ0n) is 11.1. The molecule has 18 heavy (non-hydrogen) atoms. The van der Waals surface area contributed by atoms with Crippen molar-refractivity contribution in [2.45, 2.75) is 43.7 Å². The molecule has 0 aromatic carbocycles. The summed E-state index contributed by atoms with van der Waals surface area (Å²) in [5.74, 6) is 2.29. The zero-order valence-corrected chi connectivity index (χ0v) is 11.9. The van der Waals surface area contributed by atoms with Crippen LogP contribution < -0.4 is 5.32 Å². The molecular formula is C13H23NO3S. The van der Waals surface area contributed by atoms with E-state index in [0.717, 1.165) is 19.4 Å². The first kappa shape index (κ1) is 14.2. The fraction of sp³-hybridized carbons (Fsp3) is 0.923. The summed E-state index contributed by atoms with van der Waals surface area (Å²) in [7, 11) is 1.44. The molecule has 0 aromatic heterocycles. The Bertz CT molecular complexity index is 274. The van der Waals surface area contributed by atoms with Crippen molar-refractivity contribution in [3.05, 3.63) is 0 Å². The van der Waals surface area contributed by atoms with E-state index in [0.29, 0.717) is 19.0 Å². The maximum Gasteiger partial charge on any atom is 0.306 e. The molecule has 0 aliphatic carbocycles. The zero-order chi connectivity index (χ0) is 12.8. The highest BCUT2D eigenvalue weighted by molar-refractivity contribution is 7.99. The Kier molecular flexibility index (Phi) is 5.33. The lowest BCUT2D eigenvalue weighted by Gasteiger charge is -2.43. The lowest BCUT2D eigenvalue weighted by molar-refractivity contribution is -0.140. The molecule has 0 aromatic rings. The number of methoxy groups -OCH3 is 1. The van der Waals surface area contributed by atoms with E-state index in [-0.39, 0.29) is 11.6 Å². The van der Waals surface area contributed by atoms with E-state index in [2.05, 4.69) is 10.1 Å². The van der Waals surface area contributed by atoms with Crippen LogP contribution in [0.1, 0.15) is 32.1 Å². The fourth-order valence-electron chi connectivity index (χ4n) is 2.77. The van der Waals surface area contributed by atoms with Crippen LogP contribution in [0.15, 0.2) is 0 Å². The number of nitrogens with one attached hydrogen (secondary N) is 1. The van der Waals surface area contributed by atoms with Gasteiger partial charge in [0.25, 0.3) is 0 Å². The van der Waals surface area contributed by atoms with Crippen LogP contribution in [0.4, 0.5) is 0 Å². The van der Waals surface area contributed by atoms with Gasteiger partial charge in [0.2, 0.25) is 0 Å². The summed E-state index contributed by atoms with van der Waals surface area (Å²) >= 11 is 2.03. The highest BCUT2D eigenvalue weighted by Crippen LogP contribution is 2.37. The van der Waals surface area contributed by atoms with Crippen molar-refractivity contribution in [3.63, 3.8) is 0 Å². The first-order valence-corrected chi connectivity index (χ1v) is 7.91. The molecule has 1 unspecified atom stereocenters. The van der Waals surface area contributed by atoms with Gasteiger partial charge in [-0.1, -0.05) is 0 Å². The molecular weight excluding hydrogens is 250 g/mol. The maximum atomic E-state index is 11.1. The average Bonchev–Trinajstić information content (AvgIpc) is 2.39. The van der Waals surface area contributed by atoms with Crippen molar-refractivity contribution < 1.29 is 14.3 Å². The molecule has 2 aliphatic heterocycles. The van der Waals surface area contributed by atoms with Crippen LogP contribution in [-0.4, -0.2) is 49.4 Å². The molecule has 1 N–H and O–H groups in total. The Morgan fingerprint density at radius 2 is 2.28 bits per heavy atom. The molecule has 1 spiro atoms. The van der Waals surface area contributed by atoms with Gasteiger partial charge in [-0.2, -0.15) is 11.8 Å². The molecule has 2 rings (SSSR count). The van der Waals surface area contributed by atoms with Crippen LogP contribution in [0.5, 0.6) is 0 Å². The number of thioether (sulfide) groups is 1. The van der Waals surface area contributed by atoms with E-state index in [1.54, 1.807) is 0 Å². The number of hydrogen-bond donors (Lipinski definition) is 1. The molecule has 0 saturated carbocycles. The smallest absolute Gasteiger partial charge is 0.306 e. The Balaban J connectivity index is 1.74. The van der Waals surface area contributed by atoms with Gasteiger partial charge in [-0.3, -0.25) is 4.79 Å². The van der Waals surface area contributed by atoms with E-state index in [1.165, 1.54) is 31.5 Å². The summed E-state index contributed by atoms with van der Waals surface area (Å²) in [5.41, 5.74) is 0.117. The number of hydrogen-bond acceptors (Lipinski definition) is 5. The van der Waals surface area contributed by atoms with Crippen LogP contribution in [0.3, 0.4) is 0 Å². The van der Waals surface area contributed by atoms with Crippen molar-refractivity contribution in [2.24, 2.45) is 0 Å². The minimum Gasteiger partial charge on any atom is -0.469 e. The first-order chi connectivity index (χ1) is 8.74. The van der Waals surface area contributed by atoms with Crippen molar-refractivity contribution in [1.29, 1.82) is 0 Å². The second-order valence-electron chi connectivity index (χ2n) is 5.11.